The minimum atomic E-state index is 0.721. The normalized spacial score (nSPS) is 10.3. The number of hydrogen-bond acceptors (Lipinski definition) is 3. The molecule has 1 aromatic heterocycles. The van der Waals surface area contributed by atoms with Crippen molar-refractivity contribution in [3.8, 4) is 0 Å². The molecule has 2 aromatic rings. The fourth-order valence-electron chi connectivity index (χ4n) is 1.58. The van der Waals surface area contributed by atoms with Gasteiger partial charge in [0.1, 0.15) is 5.03 Å². The third-order valence-corrected chi connectivity index (χ3v) is 3.95. The molecule has 0 aliphatic carbocycles. The number of benzene rings is 1. The maximum absolute atomic E-state index is 6.04. The van der Waals surface area contributed by atoms with E-state index in [4.69, 9.17) is 11.6 Å². The minimum Gasteiger partial charge on any atom is -0.384 e. The van der Waals surface area contributed by atoms with Crippen LogP contribution in [0.2, 0.25) is 5.02 Å². The molecule has 2 rings (SSSR count). The van der Waals surface area contributed by atoms with Crippen molar-refractivity contribution in [2.24, 2.45) is 0 Å². The Hall–Kier alpha value is -1.19. The Morgan fingerprint density at radius 1 is 1.22 bits per heavy atom. The maximum Gasteiger partial charge on any atom is 0.115 e. The summed E-state index contributed by atoms with van der Waals surface area (Å²) in [4.78, 5) is 4.24. The predicted octanol–water partition coefficient (Wildman–Crippen LogP) is 4.25. The summed E-state index contributed by atoms with van der Waals surface area (Å²) < 4.78 is 0. The van der Waals surface area contributed by atoms with E-state index in [0.717, 1.165) is 22.3 Å². The highest BCUT2D eigenvalue weighted by Crippen LogP contribution is 2.23. The van der Waals surface area contributed by atoms with Gasteiger partial charge in [-0.25, -0.2) is 4.98 Å². The molecule has 1 heterocycles. The van der Waals surface area contributed by atoms with Crippen molar-refractivity contribution in [1.29, 1.82) is 0 Å². The SMILES string of the molecule is Cc1ccccc1NCCSc1ncccc1Cl. The summed E-state index contributed by atoms with van der Waals surface area (Å²) >= 11 is 7.71. The van der Waals surface area contributed by atoms with Gasteiger partial charge in [-0.2, -0.15) is 0 Å². The van der Waals surface area contributed by atoms with Crippen LogP contribution in [0.4, 0.5) is 5.69 Å². The molecule has 0 bridgehead atoms. The van der Waals surface area contributed by atoms with E-state index < -0.39 is 0 Å². The molecule has 0 aliphatic heterocycles. The summed E-state index contributed by atoms with van der Waals surface area (Å²) in [5.74, 6) is 0.936. The van der Waals surface area contributed by atoms with Crippen LogP contribution in [0.15, 0.2) is 47.6 Å². The molecular formula is C14H15ClN2S. The quantitative estimate of drug-likeness (QED) is 0.654. The number of nitrogens with zero attached hydrogens (tertiary/aromatic N) is 1. The molecule has 0 unspecified atom stereocenters. The molecule has 0 amide bonds. The Morgan fingerprint density at radius 3 is 2.83 bits per heavy atom. The number of aryl methyl sites for hydroxylation is 1. The lowest BCUT2D eigenvalue weighted by molar-refractivity contribution is 1.12. The zero-order valence-electron chi connectivity index (χ0n) is 10.2. The highest BCUT2D eigenvalue weighted by Gasteiger charge is 2.01. The van der Waals surface area contributed by atoms with Gasteiger partial charge in [0.05, 0.1) is 5.02 Å². The lowest BCUT2D eigenvalue weighted by Crippen LogP contribution is -2.05. The van der Waals surface area contributed by atoms with Crippen molar-refractivity contribution in [3.63, 3.8) is 0 Å². The van der Waals surface area contributed by atoms with Gasteiger partial charge < -0.3 is 5.32 Å². The van der Waals surface area contributed by atoms with Gasteiger partial charge >= 0.3 is 0 Å². The smallest absolute Gasteiger partial charge is 0.115 e. The number of para-hydroxylation sites is 1. The van der Waals surface area contributed by atoms with E-state index in [2.05, 4.69) is 29.4 Å². The van der Waals surface area contributed by atoms with Crippen molar-refractivity contribution in [1.82, 2.24) is 4.98 Å². The fourth-order valence-corrected chi connectivity index (χ4v) is 2.61. The second-order valence-corrected chi connectivity index (χ2v) is 5.37. The number of nitrogens with one attached hydrogen (secondary N) is 1. The average Bonchev–Trinajstić information content (AvgIpc) is 2.38. The van der Waals surface area contributed by atoms with Gasteiger partial charge in [-0.3, -0.25) is 0 Å². The van der Waals surface area contributed by atoms with Crippen LogP contribution in [-0.2, 0) is 0 Å². The molecule has 0 saturated carbocycles. The van der Waals surface area contributed by atoms with Crippen LogP contribution in [0.25, 0.3) is 0 Å². The standard InChI is InChI=1S/C14H15ClN2S/c1-11-5-2-3-7-13(11)16-9-10-18-14-12(15)6-4-8-17-14/h2-8,16H,9-10H2,1H3. The Morgan fingerprint density at radius 2 is 2.06 bits per heavy atom. The molecule has 4 heteroatoms. The first kappa shape index (κ1) is 13.2. The summed E-state index contributed by atoms with van der Waals surface area (Å²) in [7, 11) is 0. The minimum absolute atomic E-state index is 0.721. The molecular weight excluding hydrogens is 264 g/mol. The molecule has 0 saturated heterocycles. The first-order chi connectivity index (χ1) is 8.77. The zero-order chi connectivity index (χ0) is 12.8. The third kappa shape index (κ3) is 3.65. The zero-order valence-corrected chi connectivity index (χ0v) is 11.8. The lowest BCUT2D eigenvalue weighted by atomic mass is 10.2. The largest absolute Gasteiger partial charge is 0.384 e. The molecule has 94 valence electrons. The van der Waals surface area contributed by atoms with E-state index in [0.29, 0.717) is 0 Å². The van der Waals surface area contributed by atoms with Crippen molar-refractivity contribution < 1.29 is 0 Å². The van der Waals surface area contributed by atoms with Gasteiger partial charge in [0.25, 0.3) is 0 Å². The van der Waals surface area contributed by atoms with Crippen LogP contribution in [0.1, 0.15) is 5.56 Å². The van der Waals surface area contributed by atoms with Crippen LogP contribution < -0.4 is 5.32 Å². The molecule has 0 fully saturated rings. The number of hydrogen-bond donors (Lipinski definition) is 1. The molecule has 18 heavy (non-hydrogen) atoms. The monoisotopic (exact) mass is 278 g/mol. The number of halogens is 1. The Bertz CT molecular complexity index is 469. The van der Waals surface area contributed by atoms with Gasteiger partial charge in [-0.05, 0) is 30.7 Å². The lowest BCUT2D eigenvalue weighted by Gasteiger charge is -2.08. The Balaban J connectivity index is 1.80. The first-order valence-electron chi connectivity index (χ1n) is 5.80. The molecule has 0 spiro atoms. The van der Waals surface area contributed by atoms with Crippen LogP contribution in [0, 0.1) is 6.92 Å². The second-order valence-electron chi connectivity index (χ2n) is 3.88. The van der Waals surface area contributed by atoms with Crippen LogP contribution in [-0.4, -0.2) is 17.3 Å². The van der Waals surface area contributed by atoms with Crippen molar-refractivity contribution in [2.45, 2.75) is 11.9 Å². The number of aromatic nitrogens is 1. The van der Waals surface area contributed by atoms with E-state index in [1.165, 1.54) is 11.3 Å². The molecule has 0 atom stereocenters. The van der Waals surface area contributed by atoms with E-state index >= 15 is 0 Å². The van der Waals surface area contributed by atoms with E-state index in [-0.39, 0.29) is 0 Å². The van der Waals surface area contributed by atoms with E-state index in [1.54, 1.807) is 18.0 Å². The second kappa shape index (κ2) is 6.66. The number of thioether (sulfide) groups is 1. The topological polar surface area (TPSA) is 24.9 Å². The number of rotatable bonds is 5. The Kier molecular flexibility index (Phi) is 4.90. The van der Waals surface area contributed by atoms with Crippen LogP contribution in [0.5, 0.6) is 0 Å². The highest BCUT2D eigenvalue weighted by molar-refractivity contribution is 7.99. The molecule has 0 aliphatic rings. The maximum atomic E-state index is 6.04. The van der Waals surface area contributed by atoms with Gasteiger partial charge in [-0.1, -0.05) is 29.8 Å². The number of pyridine rings is 1. The third-order valence-electron chi connectivity index (χ3n) is 2.53. The predicted molar refractivity (Wildman–Crippen MR) is 79.6 cm³/mol. The molecule has 2 nitrogen and oxygen atoms in total. The van der Waals surface area contributed by atoms with Gasteiger partial charge in [-0.15, -0.1) is 11.8 Å². The summed E-state index contributed by atoms with van der Waals surface area (Å²) in [5, 5.41) is 5.03. The van der Waals surface area contributed by atoms with Gasteiger partial charge in [0, 0.05) is 24.2 Å². The van der Waals surface area contributed by atoms with Crippen molar-refractivity contribution >= 4 is 29.1 Å². The van der Waals surface area contributed by atoms with Gasteiger partial charge in [0.15, 0.2) is 0 Å². The fraction of sp³-hybridized carbons (Fsp3) is 0.214. The summed E-state index contributed by atoms with van der Waals surface area (Å²) in [6, 6.07) is 12.0. The van der Waals surface area contributed by atoms with Crippen LogP contribution >= 0.6 is 23.4 Å². The summed E-state index contributed by atoms with van der Waals surface area (Å²) in [6.07, 6.45) is 1.77. The average molecular weight is 279 g/mol. The molecule has 0 radical (unpaired) electrons. The van der Waals surface area contributed by atoms with Crippen molar-refractivity contribution in [3.05, 3.63) is 53.2 Å². The molecule has 1 aromatic carbocycles. The first-order valence-corrected chi connectivity index (χ1v) is 7.16. The number of anilines is 1. The van der Waals surface area contributed by atoms with Crippen molar-refractivity contribution in [2.75, 3.05) is 17.6 Å². The Labute approximate surface area is 117 Å². The summed E-state index contributed by atoms with van der Waals surface area (Å²) in [6.45, 7) is 2.99. The van der Waals surface area contributed by atoms with Crippen LogP contribution in [0.3, 0.4) is 0 Å². The summed E-state index contributed by atoms with van der Waals surface area (Å²) in [5.41, 5.74) is 2.45. The molecule has 1 N–H and O–H groups in total. The van der Waals surface area contributed by atoms with Gasteiger partial charge in [0.2, 0.25) is 0 Å². The highest BCUT2D eigenvalue weighted by atomic mass is 35.5. The van der Waals surface area contributed by atoms with E-state index in [9.17, 15) is 0 Å². The van der Waals surface area contributed by atoms with E-state index in [1.807, 2.05) is 24.3 Å².